The molecule has 0 aliphatic rings. The van der Waals surface area contributed by atoms with Crippen LogP contribution in [0.5, 0.6) is 0 Å². The van der Waals surface area contributed by atoms with E-state index in [0.717, 1.165) is 29.9 Å². The largest absolute Gasteiger partial charge is 0.356 e. The van der Waals surface area contributed by atoms with Gasteiger partial charge in [0, 0.05) is 36.1 Å². The average Bonchev–Trinajstić information content (AvgIpc) is 3.10. The molecule has 0 fully saturated rings. The molecule has 0 radical (unpaired) electrons. The lowest BCUT2D eigenvalue weighted by atomic mass is 10.1. The van der Waals surface area contributed by atoms with Crippen LogP contribution in [0, 0.1) is 0 Å². The van der Waals surface area contributed by atoms with Crippen LogP contribution in [0.15, 0.2) is 67.0 Å². The molecule has 0 saturated heterocycles. The van der Waals surface area contributed by atoms with Crippen molar-refractivity contribution in [3.05, 3.63) is 77.6 Å². The van der Waals surface area contributed by atoms with Crippen molar-refractivity contribution in [3.8, 4) is 11.4 Å². The SMILES string of the molecule is O=C(Cc1ccc(Cl)cc1)NCCCn1ccnc1-c1ccccc1. The number of hydrogen-bond donors (Lipinski definition) is 1. The van der Waals surface area contributed by atoms with Crippen molar-refractivity contribution < 1.29 is 4.79 Å². The van der Waals surface area contributed by atoms with E-state index in [-0.39, 0.29) is 5.91 Å². The number of nitrogens with one attached hydrogen (secondary N) is 1. The van der Waals surface area contributed by atoms with Gasteiger partial charge in [0.2, 0.25) is 5.91 Å². The molecule has 0 aliphatic carbocycles. The summed E-state index contributed by atoms with van der Waals surface area (Å²) in [6, 6.07) is 17.4. The van der Waals surface area contributed by atoms with Crippen LogP contribution in [0.25, 0.3) is 11.4 Å². The first kappa shape index (κ1) is 17.2. The summed E-state index contributed by atoms with van der Waals surface area (Å²) in [5, 5.41) is 3.64. The number of amides is 1. The molecule has 2 aromatic carbocycles. The second-order valence-corrected chi connectivity index (χ2v) is 6.25. The van der Waals surface area contributed by atoms with Gasteiger partial charge in [0.25, 0.3) is 0 Å². The Morgan fingerprint density at radius 1 is 1.08 bits per heavy atom. The van der Waals surface area contributed by atoms with E-state index in [2.05, 4.69) is 14.9 Å². The van der Waals surface area contributed by atoms with Crippen molar-refractivity contribution in [1.82, 2.24) is 14.9 Å². The third-order valence-corrected chi connectivity index (χ3v) is 4.18. The van der Waals surface area contributed by atoms with Crippen LogP contribution < -0.4 is 5.32 Å². The Kier molecular flexibility index (Phi) is 5.86. The number of carbonyl (C=O) groups excluding carboxylic acids is 1. The maximum absolute atomic E-state index is 12.0. The number of halogens is 1. The monoisotopic (exact) mass is 353 g/mol. The summed E-state index contributed by atoms with van der Waals surface area (Å²) in [6.07, 6.45) is 5.00. The van der Waals surface area contributed by atoms with Crippen LogP contribution in [0.4, 0.5) is 0 Å². The molecule has 128 valence electrons. The zero-order valence-electron chi connectivity index (χ0n) is 13.9. The van der Waals surface area contributed by atoms with Gasteiger partial charge in [0.05, 0.1) is 6.42 Å². The van der Waals surface area contributed by atoms with Gasteiger partial charge < -0.3 is 9.88 Å². The van der Waals surface area contributed by atoms with E-state index in [1.807, 2.05) is 48.7 Å². The van der Waals surface area contributed by atoms with Gasteiger partial charge in [-0.15, -0.1) is 0 Å². The number of hydrogen-bond acceptors (Lipinski definition) is 2. The molecule has 0 bridgehead atoms. The fraction of sp³-hybridized carbons (Fsp3) is 0.200. The van der Waals surface area contributed by atoms with E-state index in [1.165, 1.54) is 0 Å². The third-order valence-electron chi connectivity index (χ3n) is 3.92. The summed E-state index contributed by atoms with van der Waals surface area (Å²) >= 11 is 5.85. The van der Waals surface area contributed by atoms with Crippen LogP contribution in [0.1, 0.15) is 12.0 Å². The average molecular weight is 354 g/mol. The molecule has 3 rings (SSSR count). The van der Waals surface area contributed by atoms with Crippen LogP contribution >= 0.6 is 11.6 Å². The number of aryl methyl sites for hydroxylation is 1. The van der Waals surface area contributed by atoms with Gasteiger partial charge >= 0.3 is 0 Å². The Morgan fingerprint density at radius 2 is 1.84 bits per heavy atom. The molecule has 5 heteroatoms. The van der Waals surface area contributed by atoms with E-state index >= 15 is 0 Å². The molecule has 0 atom stereocenters. The first-order valence-corrected chi connectivity index (χ1v) is 8.68. The van der Waals surface area contributed by atoms with E-state index in [9.17, 15) is 4.79 Å². The molecule has 0 aliphatic heterocycles. The second kappa shape index (κ2) is 8.49. The predicted molar refractivity (Wildman–Crippen MR) is 100 cm³/mol. The molecule has 1 amide bonds. The van der Waals surface area contributed by atoms with Crippen molar-refractivity contribution in [2.45, 2.75) is 19.4 Å². The van der Waals surface area contributed by atoms with Crippen molar-refractivity contribution in [2.24, 2.45) is 0 Å². The molecular weight excluding hydrogens is 334 g/mol. The van der Waals surface area contributed by atoms with Gasteiger partial charge in [0.15, 0.2) is 0 Å². The van der Waals surface area contributed by atoms with Crippen molar-refractivity contribution in [1.29, 1.82) is 0 Å². The number of carbonyl (C=O) groups is 1. The predicted octanol–water partition coefficient (Wildman–Crippen LogP) is 3.95. The number of benzene rings is 2. The first-order valence-electron chi connectivity index (χ1n) is 8.30. The molecule has 0 spiro atoms. The summed E-state index contributed by atoms with van der Waals surface area (Å²) < 4.78 is 2.11. The van der Waals surface area contributed by atoms with Gasteiger partial charge in [-0.3, -0.25) is 4.79 Å². The van der Waals surface area contributed by atoms with Gasteiger partial charge in [-0.1, -0.05) is 54.1 Å². The van der Waals surface area contributed by atoms with Crippen LogP contribution in [-0.4, -0.2) is 22.0 Å². The molecule has 4 nitrogen and oxygen atoms in total. The van der Waals surface area contributed by atoms with Gasteiger partial charge in [-0.25, -0.2) is 4.98 Å². The Morgan fingerprint density at radius 3 is 2.60 bits per heavy atom. The van der Waals surface area contributed by atoms with Crippen molar-refractivity contribution in [3.63, 3.8) is 0 Å². The summed E-state index contributed by atoms with van der Waals surface area (Å²) in [5.74, 6) is 0.976. The molecule has 3 aromatic rings. The van der Waals surface area contributed by atoms with Crippen LogP contribution in [-0.2, 0) is 17.8 Å². The van der Waals surface area contributed by atoms with Gasteiger partial charge in [0.1, 0.15) is 5.82 Å². The molecule has 1 N–H and O–H groups in total. The summed E-state index contributed by atoms with van der Waals surface area (Å²) in [4.78, 5) is 16.4. The Labute approximate surface area is 152 Å². The zero-order valence-corrected chi connectivity index (χ0v) is 14.6. The molecule has 0 saturated carbocycles. The molecule has 25 heavy (non-hydrogen) atoms. The summed E-state index contributed by atoms with van der Waals surface area (Å²) in [7, 11) is 0. The first-order chi connectivity index (χ1) is 12.2. The second-order valence-electron chi connectivity index (χ2n) is 5.82. The number of imidazole rings is 1. The lowest BCUT2D eigenvalue weighted by Gasteiger charge is -2.09. The van der Waals surface area contributed by atoms with Crippen molar-refractivity contribution in [2.75, 3.05) is 6.54 Å². The molecular formula is C20H20ClN3O. The van der Waals surface area contributed by atoms with Gasteiger partial charge in [-0.2, -0.15) is 0 Å². The Hall–Kier alpha value is -2.59. The molecule has 1 heterocycles. The normalized spacial score (nSPS) is 10.6. The minimum absolute atomic E-state index is 0.0243. The number of nitrogens with zero attached hydrogens (tertiary/aromatic N) is 2. The number of aromatic nitrogens is 2. The van der Waals surface area contributed by atoms with Gasteiger partial charge in [-0.05, 0) is 24.1 Å². The molecule has 1 aromatic heterocycles. The summed E-state index contributed by atoms with van der Waals surface area (Å²) in [5.41, 5.74) is 2.06. The summed E-state index contributed by atoms with van der Waals surface area (Å²) in [6.45, 7) is 1.45. The highest BCUT2D eigenvalue weighted by Crippen LogP contribution is 2.16. The zero-order chi connectivity index (χ0) is 17.5. The van der Waals surface area contributed by atoms with Crippen LogP contribution in [0.2, 0.25) is 5.02 Å². The van der Waals surface area contributed by atoms with E-state index in [1.54, 1.807) is 18.3 Å². The van der Waals surface area contributed by atoms with Crippen LogP contribution in [0.3, 0.4) is 0 Å². The minimum atomic E-state index is 0.0243. The number of rotatable bonds is 7. The van der Waals surface area contributed by atoms with E-state index in [0.29, 0.717) is 18.0 Å². The third kappa shape index (κ3) is 4.94. The van der Waals surface area contributed by atoms with E-state index in [4.69, 9.17) is 11.6 Å². The molecule has 0 unspecified atom stereocenters. The van der Waals surface area contributed by atoms with Crippen molar-refractivity contribution >= 4 is 17.5 Å². The Balaban J connectivity index is 1.45. The highest BCUT2D eigenvalue weighted by atomic mass is 35.5. The quantitative estimate of drug-likeness (QED) is 0.654. The fourth-order valence-corrected chi connectivity index (χ4v) is 2.79. The smallest absolute Gasteiger partial charge is 0.224 e. The maximum Gasteiger partial charge on any atom is 0.224 e. The minimum Gasteiger partial charge on any atom is -0.356 e. The topological polar surface area (TPSA) is 46.9 Å². The Bertz CT molecular complexity index is 812. The standard InChI is InChI=1S/C20H20ClN3O/c21-18-9-7-16(8-10-18)15-19(25)22-11-4-13-24-14-12-23-20(24)17-5-2-1-3-6-17/h1-3,5-10,12,14H,4,11,13,15H2,(H,22,25). The lowest BCUT2D eigenvalue weighted by molar-refractivity contribution is -0.120. The van der Waals surface area contributed by atoms with E-state index < -0.39 is 0 Å². The highest BCUT2D eigenvalue weighted by Gasteiger charge is 2.06. The lowest BCUT2D eigenvalue weighted by Crippen LogP contribution is -2.26. The highest BCUT2D eigenvalue weighted by molar-refractivity contribution is 6.30. The fourth-order valence-electron chi connectivity index (χ4n) is 2.66. The maximum atomic E-state index is 12.0.